The predicted molar refractivity (Wildman–Crippen MR) is 279 cm³/mol. The summed E-state index contributed by atoms with van der Waals surface area (Å²) in [5.41, 5.74) is 0. The molecule has 0 spiro atoms. The van der Waals surface area contributed by atoms with E-state index in [0.717, 1.165) is 96.3 Å². The molecule has 6 nitrogen and oxygen atoms in total. The van der Waals surface area contributed by atoms with Gasteiger partial charge in [0.1, 0.15) is 13.2 Å². The first-order valence-electron chi connectivity index (χ1n) is 27.1. The fourth-order valence-corrected chi connectivity index (χ4v) is 7.35. The molecule has 0 aromatic heterocycles. The Morgan fingerprint density at radius 2 is 0.662 bits per heavy atom. The molecule has 0 saturated carbocycles. The first-order valence-corrected chi connectivity index (χ1v) is 27.1. The van der Waals surface area contributed by atoms with Crippen LogP contribution >= 0.6 is 0 Å². The lowest BCUT2D eigenvalue weighted by atomic mass is 10.0. The minimum absolute atomic E-state index is 0.103. The molecule has 0 aromatic rings. The van der Waals surface area contributed by atoms with Crippen LogP contribution in [0, 0.1) is 0 Å². The van der Waals surface area contributed by atoms with E-state index < -0.39 is 6.10 Å². The van der Waals surface area contributed by atoms with Crippen molar-refractivity contribution < 1.29 is 28.6 Å². The zero-order valence-electron chi connectivity index (χ0n) is 42.5. The minimum atomic E-state index is -0.808. The highest BCUT2D eigenvalue weighted by molar-refractivity contribution is 5.71. The molecule has 0 aliphatic carbocycles. The van der Waals surface area contributed by atoms with E-state index in [9.17, 15) is 14.4 Å². The zero-order valence-corrected chi connectivity index (χ0v) is 42.5. The van der Waals surface area contributed by atoms with Crippen LogP contribution in [0.25, 0.3) is 0 Å². The van der Waals surface area contributed by atoms with E-state index in [1.165, 1.54) is 109 Å². The number of carbonyl (C=O) groups is 3. The van der Waals surface area contributed by atoms with E-state index in [0.29, 0.717) is 19.3 Å². The average molecular weight is 905 g/mol. The molecule has 1 unspecified atom stereocenters. The number of unbranched alkanes of at least 4 members (excludes halogenated alkanes) is 23. The summed E-state index contributed by atoms with van der Waals surface area (Å²) in [6.45, 7) is 6.40. The molecule has 1 atom stereocenters. The van der Waals surface area contributed by atoms with Crippen LogP contribution in [0.4, 0.5) is 0 Å². The molecular weight excluding hydrogens is 805 g/mol. The van der Waals surface area contributed by atoms with Gasteiger partial charge in [0, 0.05) is 19.3 Å². The maximum absolute atomic E-state index is 12.8. The van der Waals surface area contributed by atoms with E-state index in [1.807, 2.05) is 6.08 Å². The van der Waals surface area contributed by atoms with Gasteiger partial charge in [-0.2, -0.15) is 0 Å². The Balaban J connectivity index is 4.43. The molecule has 0 bridgehead atoms. The molecular formula is C59H100O6. The van der Waals surface area contributed by atoms with Crippen molar-refractivity contribution in [3.63, 3.8) is 0 Å². The molecule has 65 heavy (non-hydrogen) atoms. The molecule has 0 fully saturated rings. The van der Waals surface area contributed by atoms with Crippen molar-refractivity contribution in [1.82, 2.24) is 0 Å². The number of allylic oxidation sites excluding steroid dienone is 14. The fourth-order valence-electron chi connectivity index (χ4n) is 7.35. The van der Waals surface area contributed by atoms with E-state index in [4.69, 9.17) is 14.2 Å². The van der Waals surface area contributed by atoms with Crippen molar-refractivity contribution >= 4 is 17.9 Å². The van der Waals surface area contributed by atoms with Crippen molar-refractivity contribution in [2.75, 3.05) is 13.2 Å². The van der Waals surface area contributed by atoms with Crippen LogP contribution in [0.3, 0.4) is 0 Å². The largest absolute Gasteiger partial charge is 0.462 e. The van der Waals surface area contributed by atoms with Gasteiger partial charge in [-0.1, -0.05) is 241 Å². The molecule has 0 rings (SSSR count). The number of esters is 3. The number of carbonyl (C=O) groups excluding carboxylic acids is 3. The van der Waals surface area contributed by atoms with Gasteiger partial charge in [0.05, 0.1) is 0 Å². The molecule has 6 heteroatoms. The Hall–Kier alpha value is -3.41. The maximum atomic E-state index is 12.8. The van der Waals surface area contributed by atoms with Crippen LogP contribution in [0.15, 0.2) is 85.1 Å². The lowest BCUT2D eigenvalue weighted by Crippen LogP contribution is -2.30. The number of hydrogen-bond donors (Lipinski definition) is 0. The van der Waals surface area contributed by atoms with Crippen molar-refractivity contribution in [2.45, 2.75) is 258 Å². The Morgan fingerprint density at radius 1 is 0.323 bits per heavy atom. The Labute approximate surface area is 401 Å². The lowest BCUT2D eigenvalue weighted by molar-refractivity contribution is -0.166. The summed E-state index contributed by atoms with van der Waals surface area (Å²) in [6, 6.07) is 0. The Morgan fingerprint density at radius 3 is 1.09 bits per heavy atom. The summed E-state index contributed by atoms with van der Waals surface area (Å²) < 4.78 is 16.7. The normalized spacial score (nSPS) is 12.7. The monoisotopic (exact) mass is 905 g/mol. The first-order chi connectivity index (χ1) is 32.0. The van der Waals surface area contributed by atoms with Crippen molar-refractivity contribution in [3.05, 3.63) is 85.1 Å². The smallest absolute Gasteiger partial charge is 0.306 e. The van der Waals surface area contributed by atoms with Gasteiger partial charge in [-0.05, 0) is 77.0 Å². The van der Waals surface area contributed by atoms with Gasteiger partial charge in [0.15, 0.2) is 6.10 Å². The molecule has 0 saturated heterocycles. The highest BCUT2D eigenvalue weighted by atomic mass is 16.6. The third-order valence-electron chi connectivity index (χ3n) is 11.4. The molecule has 372 valence electrons. The van der Waals surface area contributed by atoms with Gasteiger partial charge in [0.2, 0.25) is 0 Å². The average Bonchev–Trinajstić information content (AvgIpc) is 3.30. The summed E-state index contributed by atoms with van der Waals surface area (Å²) in [4.78, 5) is 38.0. The Kier molecular flexibility index (Phi) is 50.4. The van der Waals surface area contributed by atoms with Crippen LogP contribution < -0.4 is 0 Å². The molecule has 0 amide bonds. The number of rotatable bonds is 48. The third kappa shape index (κ3) is 51.4. The topological polar surface area (TPSA) is 78.9 Å². The van der Waals surface area contributed by atoms with Crippen LogP contribution in [0.5, 0.6) is 0 Å². The van der Waals surface area contributed by atoms with Gasteiger partial charge in [0.25, 0.3) is 0 Å². The van der Waals surface area contributed by atoms with Crippen LogP contribution in [-0.2, 0) is 28.6 Å². The molecule has 0 heterocycles. The van der Waals surface area contributed by atoms with E-state index in [2.05, 4.69) is 99.8 Å². The van der Waals surface area contributed by atoms with Gasteiger partial charge < -0.3 is 14.2 Å². The third-order valence-corrected chi connectivity index (χ3v) is 11.4. The highest BCUT2D eigenvalue weighted by Crippen LogP contribution is 2.16. The van der Waals surface area contributed by atoms with E-state index >= 15 is 0 Å². The van der Waals surface area contributed by atoms with Crippen LogP contribution in [0.1, 0.15) is 252 Å². The number of ether oxygens (including phenoxy) is 3. The van der Waals surface area contributed by atoms with E-state index in [-0.39, 0.29) is 37.5 Å². The fraction of sp³-hybridized carbons (Fsp3) is 0.712. The second kappa shape index (κ2) is 53.2. The standard InChI is InChI=1S/C59H100O6/c1-4-7-10-13-16-19-22-24-26-28-30-32-33-35-37-40-43-46-49-52-58(61)64-55-56(54-63-57(60)51-48-45-42-39-21-18-15-12-9-6-3)65-59(62)53-50-47-44-41-38-36-34-31-29-27-25-23-20-17-14-11-8-5-2/h7,10,12,15-16,19,24,26,30,32,35,37,43,46,56H,4-6,8-9,11,13-14,17-18,20-23,25,27-29,31,33-34,36,38-42,44-45,47-55H2,1-3H3/b10-7-,15-12-,19-16-,26-24-,32-30-,37-35-,46-43-. The molecule has 0 aromatic carbocycles. The maximum Gasteiger partial charge on any atom is 0.306 e. The molecule has 0 aliphatic rings. The summed E-state index contributed by atoms with van der Waals surface area (Å²) >= 11 is 0. The van der Waals surface area contributed by atoms with Crippen LogP contribution in [0.2, 0.25) is 0 Å². The summed E-state index contributed by atoms with van der Waals surface area (Å²) in [7, 11) is 0. The van der Waals surface area contributed by atoms with E-state index in [1.54, 1.807) is 0 Å². The zero-order chi connectivity index (χ0) is 47.2. The highest BCUT2D eigenvalue weighted by Gasteiger charge is 2.19. The van der Waals surface area contributed by atoms with Gasteiger partial charge in [-0.25, -0.2) is 0 Å². The summed E-state index contributed by atoms with van der Waals surface area (Å²) in [5, 5.41) is 0. The quantitative estimate of drug-likeness (QED) is 0.0262. The molecule has 0 N–H and O–H groups in total. The van der Waals surface area contributed by atoms with Gasteiger partial charge in [-0.3, -0.25) is 14.4 Å². The molecule has 0 radical (unpaired) electrons. The summed E-state index contributed by atoms with van der Waals surface area (Å²) in [5.74, 6) is -0.997. The number of hydrogen-bond acceptors (Lipinski definition) is 6. The Bertz CT molecular complexity index is 1270. The van der Waals surface area contributed by atoms with Crippen molar-refractivity contribution in [1.29, 1.82) is 0 Å². The first kappa shape index (κ1) is 61.6. The van der Waals surface area contributed by atoms with Crippen molar-refractivity contribution in [2.24, 2.45) is 0 Å². The molecule has 0 aliphatic heterocycles. The van der Waals surface area contributed by atoms with Crippen LogP contribution in [-0.4, -0.2) is 37.2 Å². The predicted octanol–water partition coefficient (Wildman–Crippen LogP) is 18.0. The SMILES string of the molecule is CC/C=C\C/C=C\C/C=C\C/C=C\C/C=C\C/C=C\CCC(=O)OCC(COC(=O)CCCCCCC/C=C\CCC)OC(=O)CCCCCCCCCCCCCCCCCCCC. The summed E-state index contributed by atoms with van der Waals surface area (Å²) in [6.07, 6.45) is 68.7. The van der Waals surface area contributed by atoms with Gasteiger partial charge in [-0.15, -0.1) is 0 Å². The second-order valence-corrected chi connectivity index (χ2v) is 17.8. The lowest BCUT2D eigenvalue weighted by Gasteiger charge is -2.18. The minimum Gasteiger partial charge on any atom is -0.462 e. The second-order valence-electron chi connectivity index (χ2n) is 17.8. The van der Waals surface area contributed by atoms with Gasteiger partial charge >= 0.3 is 17.9 Å². The van der Waals surface area contributed by atoms with Crippen molar-refractivity contribution in [3.8, 4) is 0 Å².